The fourth-order valence-electron chi connectivity index (χ4n) is 1.83. The minimum Gasteiger partial charge on any atom is -0.327 e. The molecule has 1 atom stereocenters. The van der Waals surface area contributed by atoms with Crippen molar-refractivity contribution in [2.45, 2.75) is 25.8 Å². The van der Waals surface area contributed by atoms with Crippen molar-refractivity contribution < 1.29 is 0 Å². The first-order chi connectivity index (χ1) is 8.15. The third kappa shape index (κ3) is 3.10. The second-order valence-electron chi connectivity index (χ2n) is 4.29. The zero-order valence-corrected chi connectivity index (χ0v) is 10.2. The number of nitrogens with two attached hydrogens (primary N) is 1. The molecule has 0 aliphatic carbocycles. The Morgan fingerprint density at radius 3 is 2.71 bits per heavy atom. The van der Waals surface area contributed by atoms with Crippen molar-refractivity contribution in [3.05, 3.63) is 41.2 Å². The highest BCUT2D eigenvalue weighted by molar-refractivity contribution is 5.26. The van der Waals surface area contributed by atoms with Gasteiger partial charge in [-0.3, -0.25) is 0 Å². The molecule has 1 heterocycles. The second-order valence-corrected chi connectivity index (χ2v) is 4.29. The Labute approximate surface area is 101 Å². The van der Waals surface area contributed by atoms with Gasteiger partial charge in [-0.1, -0.05) is 24.3 Å². The van der Waals surface area contributed by atoms with E-state index in [1.165, 1.54) is 15.9 Å². The molecule has 2 rings (SSSR count). The number of aromatic nitrogens is 4. The SMILES string of the molecule is Cc1ccccc1CC(N)Cc1nnn(C)n1. The molecule has 17 heavy (non-hydrogen) atoms. The minimum atomic E-state index is 0.0281. The van der Waals surface area contributed by atoms with E-state index in [-0.39, 0.29) is 6.04 Å². The van der Waals surface area contributed by atoms with Crippen molar-refractivity contribution in [3.8, 4) is 0 Å². The smallest absolute Gasteiger partial charge is 0.176 e. The fraction of sp³-hybridized carbons (Fsp3) is 0.417. The van der Waals surface area contributed by atoms with Crippen molar-refractivity contribution in [2.75, 3.05) is 0 Å². The molecule has 0 aliphatic rings. The van der Waals surface area contributed by atoms with Crippen molar-refractivity contribution in [1.82, 2.24) is 20.2 Å². The van der Waals surface area contributed by atoms with Gasteiger partial charge in [0, 0.05) is 12.5 Å². The molecule has 0 fully saturated rings. The number of hydrogen-bond donors (Lipinski definition) is 1. The number of benzene rings is 1. The molecule has 0 saturated carbocycles. The lowest BCUT2D eigenvalue weighted by Gasteiger charge is -2.11. The lowest BCUT2D eigenvalue weighted by atomic mass is 10.00. The maximum absolute atomic E-state index is 6.10. The molecule has 0 spiro atoms. The summed E-state index contributed by atoms with van der Waals surface area (Å²) >= 11 is 0. The average molecular weight is 231 g/mol. The third-order valence-electron chi connectivity index (χ3n) is 2.74. The van der Waals surface area contributed by atoms with Crippen LogP contribution in [0.3, 0.4) is 0 Å². The normalized spacial score (nSPS) is 12.6. The Bertz CT molecular complexity index is 491. The summed E-state index contributed by atoms with van der Waals surface area (Å²) in [6, 6.07) is 8.31. The van der Waals surface area contributed by atoms with E-state index in [1.54, 1.807) is 7.05 Å². The highest BCUT2D eigenvalue weighted by atomic mass is 15.6. The summed E-state index contributed by atoms with van der Waals surface area (Å²) in [5.74, 6) is 0.702. The summed E-state index contributed by atoms with van der Waals surface area (Å²) in [5, 5.41) is 11.9. The van der Waals surface area contributed by atoms with E-state index in [2.05, 4.69) is 34.5 Å². The van der Waals surface area contributed by atoms with Crippen molar-refractivity contribution in [2.24, 2.45) is 12.8 Å². The first kappa shape index (κ1) is 11.7. The highest BCUT2D eigenvalue weighted by Gasteiger charge is 2.10. The van der Waals surface area contributed by atoms with Crippen LogP contribution >= 0.6 is 0 Å². The van der Waals surface area contributed by atoms with Crippen molar-refractivity contribution in [3.63, 3.8) is 0 Å². The Morgan fingerprint density at radius 2 is 2.06 bits per heavy atom. The third-order valence-corrected chi connectivity index (χ3v) is 2.74. The number of tetrazole rings is 1. The Kier molecular flexibility index (Phi) is 3.49. The summed E-state index contributed by atoms with van der Waals surface area (Å²) in [6.07, 6.45) is 1.49. The Balaban J connectivity index is 1.98. The average Bonchev–Trinajstić information content (AvgIpc) is 2.67. The molecule has 5 nitrogen and oxygen atoms in total. The Hall–Kier alpha value is -1.75. The summed E-state index contributed by atoms with van der Waals surface area (Å²) in [5.41, 5.74) is 8.65. The van der Waals surface area contributed by atoms with Gasteiger partial charge in [-0.05, 0) is 29.7 Å². The molecular weight excluding hydrogens is 214 g/mol. The molecule has 0 saturated heterocycles. The molecule has 0 aliphatic heterocycles. The summed E-state index contributed by atoms with van der Waals surface area (Å²) in [4.78, 5) is 1.45. The lowest BCUT2D eigenvalue weighted by molar-refractivity contribution is 0.614. The van der Waals surface area contributed by atoms with Crippen molar-refractivity contribution >= 4 is 0 Å². The first-order valence-electron chi connectivity index (χ1n) is 5.68. The molecule has 0 radical (unpaired) electrons. The predicted octanol–water partition coefficient (Wildman–Crippen LogP) is 0.631. The fourth-order valence-corrected chi connectivity index (χ4v) is 1.83. The lowest BCUT2D eigenvalue weighted by Crippen LogP contribution is -2.26. The van der Waals surface area contributed by atoms with Gasteiger partial charge in [0.1, 0.15) is 0 Å². The van der Waals surface area contributed by atoms with Crippen LogP contribution in [0.25, 0.3) is 0 Å². The molecule has 0 bridgehead atoms. The Morgan fingerprint density at radius 1 is 1.29 bits per heavy atom. The van der Waals surface area contributed by atoms with Crippen LogP contribution in [0.1, 0.15) is 17.0 Å². The van der Waals surface area contributed by atoms with Crippen LogP contribution in [0.5, 0.6) is 0 Å². The first-order valence-corrected chi connectivity index (χ1v) is 5.68. The predicted molar refractivity (Wildman–Crippen MR) is 65.4 cm³/mol. The molecule has 2 aromatic rings. The van der Waals surface area contributed by atoms with Gasteiger partial charge in [0.25, 0.3) is 0 Å². The maximum Gasteiger partial charge on any atom is 0.176 e. The van der Waals surface area contributed by atoms with E-state index in [9.17, 15) is 0 Å². The monoisotopic (exact) mass is 231 g/mol. The number of nitrogens with zero attached hydrogens (tertiary/aromatic N) is 4. The van der Waals surface area contributed by atoms with E-state index < -0.39 is 0 Å². The quantitative estimate of drug-likeness (QED) is 0.838. The molecule has 5 heteroatoms. The van der Waals surface area contributed by atoms with Gasteiger partial charge in [-0.25, -0.2) is 0 Å². The van der Waals surface area contributed by atoms with Gasteiger partial charge in [-0.2, -0.15) is 4.80 Å². The summed E-state index contributed by atoms with van der Waals surface area (Å²) < 4.78 is 0. The van der Waals surface area contributed by atoms with E-state index in [1.807, 2.05) is 12.1 Å². The van der Waals surface area contributed by atoms with Crippen LogP contribution in [-0.4, -0.2) is 26.2 Å². The zero-order chi connectivity index (χ0) is 12.3. The number of hydrogen-bond acceptors (Lipinski definition) is 4. The zero-order valence-electron chi connectivity index (χ0n) is 10.2. The second kappa shape index (κ2) is 5.05. The van der Waals surface area contributed by atoms with Gasteiger partial charge < -0.3 is 5.73 Å². The van der Waals surface area contributed by atoms with Crippen LogP contribution in [-0.2, 0) is 19.9 Å². The van der Waals surface area contributed by atoms with E-state index in [4.69, 9.17) is 5.73 Å². The van der Waals surface area contributed by atoms with E-state index >= 15 is 0 Å². The van der Waals surface area contributed by atoms with E-state index in [0.717, 1.165) is 6.42 Å². The van der Waals surface area contributed by atoms with Crippen LogP contribution in [0.15, 0.2) is 24.3 Å². The van der Waals surface area contributed by atoms with Crippen LogP contribution in [0, 0.1) is 6.92 Å². The minimum absolute atomic E-state index is 0.0281. The molecule has 0 amide bonds. The largest absolute Gasteiger partial charge is 0.327 e. The topological polar surface area (TPSA) is 69.6 Å². The molecule has 2 N–H and O–H groups in total. The number of rotatable bonds is 4. The molecule has 1 unspecified atom stereocenters. The van der Waals surface area contributed by atoms with Gasteiger partial charge in [0.05, 0.1) is 7.05 Å². The van der Waals surface area contributed by atoms with Crippen LogP contribution in [0.4, 0.5) is 0 Å². The van der Waals surface area contributed by atoms with Crippen LogP contribution < -0.4 is 5.73 Å². The maximum atomic E-state index is 6.10. The molecule has 1 aromatic heterocycles. The van der Waals surface area contributed by atoms with Gasteiger partial charge in [0.2, 0.25) is 0 Å². The van der Waals surface area contributed by atoms with Gasteiger partial charge >= 0.3 is 0 Å². The van der Waals surface area contributed by atoms with Crippen molar-refractivity contribution in [1.29, 1.82) is 0 Å². The highest BCUT2D eigenvalue weighted by Crippen LogP contribution is 2.10. The van der Waals surface area contributed by atoms with Crippen LogP contribution in [0.2, 0.25) is 0 Å². The molecular formula is C12H17N5. The van der Waals surface area contributed by atoms with E-state index in [0.29, 0.717) is 12.2 Å². The summed E-state index contributed by atoms with van der Waals surface area (Å²) in [7, 11) is 1.75. The van der Waals surface area contributed by atoms with Gasteiger partial charge in [-0.15, -0.1) is 10.2 Å². The molecule has 1 aromatic carbocycles. The van der Waals surface area contributed by atoms with Gasteiger partial charge in [0.15, 0.2) is 5.82 Å². The number of aryl methyl sites for hydroxylation is 2. The molecule has 90 valence electrons. The summed E-state index contributed by atoms with van der Waals surface area (Å²) in [6.45, 7) is 2.10. The standard InChI is InChI=1S/C12H17N5/c1-9-5-3-4-6-10(9)7-11(13)8-12-14-16-17(2)15-12/h3-6,11H,7-8,13H2,1-2H3.